The lowest BCUT2D eigenvalue weighted by molar-refractivity contribution is -0.118. The summed E-state index contributed by atoms with van der Waals surface area (Å²) >= 11 is 2.48. The van der Waals surface area contributed by atoms with E-state index in [2.05, 4.69) is 20.8 Å². The number of anilines is 1. The zero-order chi connectivity index (χ0) is 22.8. The number of aromatic nitrogens is 2. The summed E-state index contributed by atoms with van der Waals surface area (Å²) in [5, 5.41) is 13.8. The van der Waals surface area contributed by atoms with Crippen LogP contribution in [0.25, 0.3) is 6.08 Å². The number of nitrogens with one attached hydrogen (secondary N) is 2. The zero-order valence-corrected chi connectivity index (χ0v) is 19.2. The van der Waals surface area contributed by atoms with Gasteiger partial charge in [0.15, 0.2) is 15.8 Å². The summed E-state index contributed by atoms with van der Waals surface area (Å²) in [6, 6.07) is 15.0. The molecule has 8 nitrogen and oxygen atoms in total. The minimum absolute atomic E-state index is 0.0995. The minimum Gasteiger partial charge on any atom is -0.493 e. The SMILES string of the molecule is COc1ccc(/C=C/C(=O)Nc2nnc(SCC(=O)NCc3ccccc3)s2)cc1OC. The van der Waals surface area contributed by atoms with Gasteiger partial charge in [0.25, 0.3) is 0 Å². The quantitative estimate of drug-likeness (QED) is 0.265. The number of methoxy groups -OCH3 is 2. The van der Waals surface area contributed by atoms with Crippen LogP contribution in [-0.2, 0) is 16.1 Å². The van der Waals surface area contributed by atoms with Gasteiger partial charge < -0.3 is 14.8 Å². The normalized spacial score (nSPS) is 10.7. The van der Waals surface area contributed by atoms with Crippen molar-refractivity contribution < 1.29 is 19.1 Å². The Morgan fingerprint density at radius 2 is 1.84 bits per heavy atom. The average molecular weight is 471 g/mol. The largest absolute Gasteiger partial charge is 0.493 e. The Kier molecular flexibility index (Phi) is 8.64. The van der Waals surface area contributed by atoms with E-state index in [0.29, 0.717) is 27.5 Å². The van der Waals surface area contributed by atoms with Crippen LogP contribution in [0.1, 0.15) is 11.1 Å². The second-order valence-corrected chi connectivity index (χ2v) is 8.56. The maximum Gasteiger partial charge on any atom is 0.250 e. The van der Waals surface area contributed by atoms with Crippen molar-refractivity contribution in [2.75, 3.05) is 25.3 Å². The van der Waals surface area contributed by atoms with E-state index in [4.69, 9.17) is 9.47 Å². The lowest BCUT2D eigenvalue weighted by Crippen LogP contribution is -2.24. The first-order valence-corrected chi connectivity index (χ1v) is 11.4. The van der Waals surface area contributed by atoms with Gasteiger partial charge in [0.05, 0.1) is 20.0 Å². The van der Waals surface area contributed by atoms with E-state index in [0.717, 1.165) is 11.1 Å². The highest BCUT2D eigenvalue weighted by atomic mass is 32.2. The monoisotopic (exact) mass is 470 g/mol. The first-order chi connectivity index (χ1) is 15.6. The van der Waals surface area contributed by atoms with Gasteiger partial charge in [0.2, 0.25) is 16.9 Å². The molecule has 0 radical (unpaired) electrons. The number of amides is 2. The number of benzene rings is 2. The standard InChI is InChI=1S/C22H22N4O4S2/c1-29-17-10-8-15(12-18(17)30-2)9-11-19(27)24-21-25-26-22(32-21)31-14-20(28)23-13-16-6-4-3-5-7-16/h3-12H,13-14H2,1-2H3,(H,23,28)(H,24,25,27)/b11-9+. The lowest BCUT2D eigenvalue weighted by atomic mass is 10.2. The van der Waals surface area contributed by atoms with Gasteiger partial charge in [-0.15, -0.1) is 10.2 Å². The summed E-state index contributed by atoms with van der Waals surface area (Å²) in [6.07, 6.45) is 3.05. The molecule has 166 valence electrons. The third-order valence-corrected chi connectivity index (χ3v) is 6.10. The van der Waals surface area contributed by atoms with Crippen LogP contribution < -0.4 is 20.1 Å². The molecule has 0 aliphatic carbocycles. The predicted molar refractivity (Wildman–Crippen MR) is 126 cm³/mol. The molecule has 0 aliphatic heterocycles. The van der Waals surface area contributed by atoms with E-state index in [1.807, 2.05) is 36.4 Å². The van der Waals surface area contributed by atoms with Gasteiger partial charge in [-0.05, 0) is 29.3 Å². The van der Waals surface area contributed by atoms with Crippen LogP contribution in [-0.4, -0.2) is 42.0 Å². The van der Waals surface area contributed by atoms with E-state index in [1.54, 1.807) is 32.4 Å². The van der Waals surface area contributed by atoms with Crippen LogP contribution in [0.5, 0.6) is 11.5 Å². The summed E-state index contributed by atoms with van der Waals surface area (Å²) in [7, 11) is 3.11. The van der Waals surface area contributed by atoms with Crippen LogP contribution in [0.4, 0.5) is 5.13 Å². The van der Waals surface area contributed by atoms with Crippen LogP contribution in [0.2, 0.25) is 0 Å². The molecule has 2 amide bonds. The number of ether oxygens (including phenoxy) is 2. The van der Waals surface area contributed by atoms with Crippen LogP contribution in [0, 0.1) is 0 Å². The molecule has 1 aromatic heterocycles. The fourth-order valence-corrected chi connectivity index (χ4v) is 4.15. The first kappa shape index (κ1) is 23.3. The van der Waals surface area contributed by atoms with Crippen molar-refractivity contribution in [1.82, 2.24) is 15.5 Å². The Morgan fingerprint density at radius 3 is 2.59 bits per heavy atom. The van der Waals surface area contributed by atoms with Crippen LogP contribution in [0.15, 0.2) is 58.9 Å². The Balaban J connectivity index is 1.45. The first-order valence-electron chi connectivity index (χ1n) is 9.55. The van der Waals surface area contributed by atoms with Crippen LogP contribution >= 0.6 is 23.1 Å². The molecule has 10 heteroatoms. The number of carbonyl (C=O) groups is 2. The molecule has 3 rings (SSSR count). The van der Waals surface area contributed by atoms with Gasteiger partial charge in [-0.25, -0.2) is 0 Å². The highest BCUT2D eigenvalue weighted by molar-refractivity contribution is 8.01. The van der Waals surface area contributed by atoms with E-state index in [9.17, 15) is 9.59 Å². The summed E-state index contributed by atoms with van der Waals surface area (Å²) in [6.45, 7) is 0.476. The summed E-state index contributed by atoms with van der Waals surface area (Å²) in [5.74, 6) is 0.968. The van der Waals surface area contributed by atoms with Gasteiger partial charge >= 0.3 is 0 Å². The van der Waals surface area contributed by atoms with Crippen molar-refractivity contribution in [3.8, 4) is 11.5 Å². The highest BCUT2D eigenvalue weighted by Crippen LogP contribution is 2.28. The predicted octanol–water partition coefficient (Wildman–Crippen LogP) is 3.62. The number of thioether (sulfide) groups is 1. The van der Waals surface area contributed by atoms with Crippen molar-refractivity contribution in [1.29, 1.82) is 0 Å². The van der Waals surface area contributed by atoms with Gasteiger partial charge in [-0.3, -0.25) is 14.9 Å². The van der Waals surface area contributed by atoms with Crippen molar-refractivity contribution in [3.05, 3.63) is 65.7 Å². The van der Waals surface area contributed by atoms with Crippen molar-refractivity contribution in [3.63, 3.8) is 0 Å². The molecule has 0 spiro atoms. The Hall–Kier alpha value is -3.37. The third-order valence-electron chi connectivity index (χ3n) is 4.13. The van der Waals surface area contributed by atoms with E-state index in [1.165, 1.54) is 29.2 Å². The average Bonchev–Trinajstić information content (AvgIpc) is 3.27. The van der Waals surface area contributed by atoms with E-state index in [-0.39, 0.29) is 17.6 Å². The molecule has 0 saturated carbocycles. The van der Waals surface area contributed by atoms with Crippen LogP contribution in [0.3, 0.4) is 0 Å². The van der Waals surface area contributed by atoms with Crippen molar-refractivity contribution in [2.24, 2.45) is 0 Å². The number of rotatable bonds is 10. The Morgan fingerprint density at radius 1 is 1.06 bits per heavy atom. The molecule has 0 unspecified atom stereocenters. The van der Waals surface area contributed by atoms with Gasteiger partial charge in [-0.1, -0.05) is 59.5 Å². The van der Waals surface area contributed by atoms with Crippen molar-refractivity contribution in [2.45, 2.75) is 10.9 Å². The van der Waals surface area contributed by atoms with Gasteiger partial charge in [0, 0.05) is 12.6 Å². The molecule has 0 atom stereocenters. The molecule has 0 bridgehead atoms. The van der Waals surface area contributed by atoms with Gasteiger partial charge in [0.1, 0.15) is 0 Å². The smallest absolute Gasteiger partial charge is 0.250 e. The number of hydrogen-bond donors (Lipinski definition) is 2. The molecule has 32 heavy (non-hydrogen) atoms. The second kappa shape index (κ2) is 11.9. The fraction of sp³-hybridized carbons (Fsp3) is 0.182. The van der Waals surface area contributed by atoms with Gasteiger partial charge in [-0.2, -0.15) is 0 Å². The summed E-state index contributed by atoms with van der Waals surface area (Å²) in [4.78, 5) is 24.2. The summed E-state index contributed by atoms with van der Waals surface area (Å²) < 4.78 is 11.0. The Bertz CT molecular complexity index is 1090. The van der Waals surface area contributed by atoms with E-state index >= 15 is 0 Å². The molecular weight excluding hydrogens is 448 g/mol. The second-order valence-electron chi connectivity index (χ2n) is 6.36. The summed E-state index contributed by atoms with van der Waals surface area (Å²) in [5.41, 5.74) is 1.82. The highest BCUT2D eigenvalue weighted by Gasteiger charge is 2.10. The van der Waals surface area contributed by atoms with Crippen molar-refractivity contribution >= 4 is 46.1 Å². The number of nitrogens with zero attached hydrogens (tertiary/aromatic N) is 2. The zero-order valence-electron chi connectivity index (χ0n) is 17.5. The molecule has 0 saturated heterocycles. The molecule has 3 aromatic rings. The Labute approximate surface area is 194 Å². The molecule has 1 heterocycles. The van der Waals surface area contributed by atoms with E-state index < -0.39 is 0 Å². The molecule has 2 aromatic carbocycles. The number of carbonyl (C=O) groups excluding carboxylic acids is 2. The molecule has 0 aliphatic rings. The molecule has 2 N–H and O–H groups in total. The maximum absolute atomic E-state index is 12.2. The molecular formula is C22H22N4O4S2. The lowest BCUT2D eigenvalue weighted by Gasteiger charge is -2.07. The molecule has 0 fully saturated rings. The minimum atomic E-state index is -0.340. The fourth-order valence-electron chi connectivity index (χ4n) is 2.57. The number of hydrogen-bond acceptors (Lipinski definition) is 8. The maximum atomic E-state index is 12.2. The topological polar surface area (TPSA) is 102 Å². The third kappa shape index (κ3) is 7.10.